The number of hydrogen-bond acceptors (Lipinski definition) is 3. The normalized spacial score (nSPS) is 18.8. The van der Waals surface area contributed by atoms with Gasteiger partial charge in [0, 0.05) is 5.41 Å². The fourth-order valence-electron chi connectivity index (χ4n) is 4.67. The quantitative estimate of drug-likeness (QED) is 0.332. The van der Waals surface area contributed by atoms with Crippen molar-refractivity contribution < 1.29 is 19.4 Å². The van der Waals surface area contributed by atoms with Crippen LogP contribution < -0.4 is 4.74 Å². The average Bonchev–Trinajstić information content (AvgIpc) is 2.82. The summed E-state index contributed by atoms with van der Waals surface area (Å²) in [4.78, 5) is 24.2. The molecule has 0 saturated heterocycles. The largest absolute Gasteiger partial charge is 0.478 e. The Morgan fingerprint density at radius 1 is 1.06 bits per heavy atom. The van der Waals surface area contributed by atoms with Gasteiger partial charge in [-0.15, -0.1) is 0 Å². The van der Waals surface area contributed by atoms with E-state index in [1.807, 2.05) is 50.2 Å². The number of aliphatic carboxylic acids is 1. The van der Waals surface area contributed by atoms with Gasteiger partial charge in [0.2, 0.25) is 0 Å². The maximum Gasteiger partial charge on any atom is 0.343 e. The van der Waals surface area contributed by atoms with Crippen molar-refractivity contribution in [3.05, 3.63) is 88.5 Å². The number of carbonyl (C=O) groups is 2. The highest BCUT2D eigenvalue weighted by Gasteiger charge is 2.39. The standard InChI is InChI=1S/C29H34O4/c1-5-7-8-21(4)29(18-17-26(27(30)31)22(6-2)19-29)24-13-15-25(16-14-24)33-28(32)23-11-9-20(3)10-12-23/h9-18,21H,5-8,19H2,1-4H3,(H,30,31)/t21?,29-/m1/s1. The van der Waals surface area contributed by atoms with Crippen LogP contribution in [-0.4, -0.2) is 17.0 Å². The predicted octanol–water partition coefficient (Wildman–Crippen LogP) is 7.03. The third-order valence-corrected chi connectivity index (χ3v) is 6.85. The molecule has 0 aromatic heterocycles. The van der Waals surface area contributed by atoms with E-state index in [2.05, 4.69) is 19.9 Å². The number of unbranched alkanes of at least 4 members (excludes halogenated alkanes) is 1. The van der Waals surface area contributed by atoms with Crippen LogP contribution in [0.25, 0.3) is 0 Å². The molecule has 2 atom stereocenters. The molecule has 174 valence electrons. The van der Waals surface area contributed by atoms with Crippen LogP contribution in [0.15, 0.2) is 71.8 Å². The molecule has 1 N–H and O–H groups in total. The molecule has 0 saturated carbocycles. The summed E-state index contributed by atoms with van der Waals surface area (Å²) >= 11 is 0. The highest BCUT2D eigenvalue weighted by atomic mass is 16.5. The van der Waals surface area contributed by atoms with E-state index in [0.29, 0.717) is 35.6 Å². The Labute approximate surface area is 197 Å². The third-order valence-electron chi connectivity index (χ3n) is 6.85. The zero-order chi connectivity index (χ0) is 24.0. The molecule has 1 aliphatic rings. The number of rotatable bonds is 9. The summed E-state index contributed by atoms with van der Waals surface area (Å²) < 4.78 is 5.59. The van der Waals surface area contributed by atoms with Crippen molar-refractivity contribution >= 4 is 11.9 Å². The van der Waals surface area contributed by atoms with Crippen LogP contribution in [0.5, 0.6) is 5.75 Å². The summed E-state index contributed by atoms with van der Waals surface area (Å²) in [5, 5.41) is 9.63. The average molecular weight is 447 g/mol. The zero-order valence-electron chi connectivity index (χ0n) is 20.1. The Morgan fingerprint density at radius 3 is 2.30 bits per heavy atom. The summed E-state index contributed by atoms with van der Waals surface area (Å²) in [6.07, 6.45) is 8.58. The molecule has 4 heteroatoms. The molecular formula is C29H34O4. The summed E-state index contributed by atoms with van der Waals surface area (Å²) in [5.41, 5.74) is 3.84. The van der Waals surface area contributed by atoms with E-state index in [0.717, 1.165) is 36.0 Å². The molecule has 3 rings (SSSR count). The Balaban J connectivity index is 1.89. The number of allylic oxidation sites excluding steroid dienone is 2. The van der Waals surface area contributed by atoms with Gasteiger partial charge in [-0.3, -0.25) is 0 Å². The van der Waals surface area contributed by atoms with Gasteiger partial charge in [0.15, 0.2) is 0 Å². The number of esters is 1. The van der Waals surface area contributed by atoms with Gasteiger partial charge in [0.25, 0.3) is 0 Å². The number of hydrogen-bond donors (Lipinski definition) is 1. The fraction of sp³-hybridized carbons (Fsp3) is 0.379. The van der Waals surface area contributed by atoms with Gasteiger partial charge in [0.05, 0.1) is 11.1 Å². The molecule has 0 spiro atoms. The molecule has 0 radical (unpaired) electrons. The molecule has 0 amide bonds. The van der Waals surface area contributed by atoms with Crippen molar-refractivity contribution in [1.82, 2.24) is 0 Å². The van der Waals surface area contributed by atoms with Gasteiger partial charge in [-0.1, -0.05) is 81.2 Å². The number of carbonyl (C=O) groups excluding carboxylic acids is 1. The minimum atomic E-state index is -0.865. The lowest BCUT2D eigenvalue weighted by Gasteiger charge is -2.41. The Bertz CT molecular complexity index is 1040. The number of benzene rings is 2. The summed E-state index contributed by atoms with van der Waals surface area (Å²) in [6.45, 7) is 8.44. The first kappa shape index (κ1) is 24.5. The highest BCUT2D eigenvalue weighted by Crippen LogP contribution is 2.46. The molecular weight excluding hydrogens is 412 g/mol. The molecule has 0 heterocycles. The van der Waals surface area contributed by atoms with Crippen LogP contribution in [0.1, 0.15) is 74.4 Å². The van der Waals surface area contributed by atoms with E-state index in [1.54, 1.807) is 18.2 Å². The number of carboxylic acids is 1. The van der Waals surface area contributed by atoms with Gasteiger partial charge >= 0.3 is 11.9 Å². The molecule has 2 aromatic carbocycles. The fourth-order valence-corrected chi connectivity index (χ4v) is 4.67. The number of aryl methyl sites for hydroxylation is 1. The second kappa shape index (κ2) is 10.7. The summed E-state index contributed by atoms with van der Waals surface area (Å²) in [7, 11) is 0. The zero-order valence-corrected chi connectivity index (χ0v) is 20.1. The van der Waals surface area contributed by atoms with Crippen molar-refractivity contribution in [1.29, 1.82) is 0 Å². The van der Waals surface area contributed by atoms with Crippen molar-refractivity contribution in [3.8, 4) is 5.75 Å². The van der Waals surface area contributed by atoms with Crippen LogP contribution in [0, 0.1) is 12.8 Å². The summed E-state index contributed by atoms with van der Waals surface area (Å²) in [6, 6.07) is 15.0. The predicted molar refractivity (Wildman–Crippen MR) is 132 cm³/mol. The highest BCUT2D eigenvalue weighted by molar-refractivity contribution is 5.92. The maximum absolute atomic E-state index is 12.5. The van der Waals surface area contributed by atoms with E-state index < -0.39 is 5.97 Å². The topological polar surface area (TPSA) is 63.6 Å². The van der Waals surface area contributed by atoms with Gasteiger partial charge in [-0.25, -0.2) is 9.59 Å². The molecule has 33 heavy (non-hydrogen) atoms. The minimum absolute atomic E-state index is 0.279. The van der Waals surface area contributed by atoms with Gasteiger partial charge < -0.3 is 9.84 Å². The minimum Gasteiger partial charge on any atom is -0.478 e. The second-order valence-corrected chi connectivity index (χ2v) is 9.05. The van der Waals surface area contributed by atoms with Crippen LogP contribution in [0.4, 0.5) is 0 Å². The molecule has 0 fully saturated rings. The Hall–Kier alpha value is -3.14. The van der Waals surface area contributed by atoms with Crippen molar-refractivity contribution in [2.75, 3.05) is 0 Å². The van der Waals surface area contributed by atoms with Gasteiger partial charge in [-0.05, 0) is 61.9 Å². The van der Waals surface area contributed by atoms with Crippen molar-refractivity contribution in [2.24, 2.45) is 5.92 Å². The lowest BCUT2D eigenvalue weighted by atomic mass is 9.63. The lowest BCUT2D eigenvalue weighted by molar-refractivity contribution is -0.132. The van der Waals surface area contributed by atoms with Crippen LogP contribution >= 0.6 is 0 Å². The monoisotopic (exact) mass is 446 g/mol. The van der Waals surface area contributed by atoms with E-state index in [-0.39, 0.29) is 11.4 Å². The Kier molecular flexibility index (Phi) is 7.91. The van der Waals surface area contributed by atoms with Crippen LogP contribution in [0.2, 0.25) is 0 Å². The summed E-state index contributed by atoms with van der Waals surface area (Å²) in [5.74, 6) is -0.408. The first-order valence-corrected chi connectivity index (χ1v) is 11.8. The van der Waals surface area contributed by atoms with E-state index >= 15 is 0 Å². The molecule has 4 nitrogen and oxygen atoms in total. The molecule has 1 unspecified atom stereocenters. The second-order valence-electron chi connectivity index (χ2n) is 9.05. The van der Waals surface area contributed by atoms with Gasteiger partial charge in [0.1, 0.15) is 5.75 Å². The molecule has 0 aliphatic heterocycles. The smallest absolute Gasteiger partial charge is 0.343 e. The third kappa shape index (κ3) is 5.44. The van der Waals surface area contributed by atoms with Crippen LogP contribution in [-0.2, 0) is 10.2 Å². The first-order valence-electron chi connectivity index (χ1n) is 11.8. The van der Waals surface area contributed by atoms with Gasteiger partial charge in [-0.2, -0.15) is 0 Å². The molecule has 0 bridgehead atoms. The van der Waals surface area contributed by atoms with E-state index in [1.165, 1.54) is 0 Å². The van der Waals surface area contributed by atoms with Crippen molar-refractivity contribution in [2.45, 2.75) is 65.2 Å². The lowest BCUT2D eigenvalue weighted by Crippen LogP contribution is -2.35. The number of ether oxygens (including phenoxy) is 1. The van der Waals surface area contributed by atoms with E-state index in [9.17, 15) is 14.7 Å². The van der Waals surface area contributed by atoms with E-state index in [4.69, 9.17) is 4.74 Å². The first-order chi connectivity index (χ1) is 15.8. The molecule has 2 aromatic rings. The maximum atomic E-state index is 12.5. The number of carboxylic acid groups (broad SMARTS) is 1. The Morgan fingerprint density at radius 2 is 1.73 bits per heavy atom. The van der Waals surface area contributed by atoms with Crippen molar-refractivity contribution in [3.63, 3.8) is 0 Å². The SMILES string of the molecule is CCCCC(C)[C@@]1(c2ccc(OC(=O)c3ccc(C)cc3)cc2)C=CC(C(=O)O)=C(CC)C1. The van der Waals surface area contributed by atoms with Crippen LogP contribution in [0.3, 0.4) is 0 Å². The molecule has 1 aliphatic carbocycles.